The number of carboxylic acid groups (broad SMARTS) is 1. The molecule has 0 fully saturated rings. The topological polar surface area (TPSA) is 187 Å². The Morgan fingerprint density at radius 2 is 1.78 bits per heavy atom. The van der Waals surface area contributed by atoms with E-state index < -0.39 is 60.9 Å². The molecule has 1 heterocycles. The number of rotatable bonds is 11. The number of amides is 3. The van der Waals surface area contributed by atoms with Gasteiger partial charge in [0.1, 0.15) is 12.1 Å². The van der Waals surface area contributed by atoms with Crippen LogP contribution in [-0.4, -0.2) is 70.2 Å². The average molecular weight is 447 g/mol. The number of hydrogen-bond acceptors (Lipinski definition) is 6. The fraction of sp³-hybridized carbons (Fsp3) is 0.429. The van der Waals surface area contributed by atoms with Crippen molar-refractivity contribution >= 4 is 34.6 Å². The Morgan fingerprint density at radius 3 is 2.41 bits per heavy atom. The molecule has 0 saturated carbocycles. The van der Waals surface area contributed by atoms with Gasteiger partial charge in [-0.3, -0.25) is 14.4 Å². The van der Waals surface area contributed by atoms with Gasteiger partial charge in [-0.15, -0.1) is 0 Å². The first-order valence-electron chi connectivity index (χ1n) is 10.2. The number of aliphatic hydroxyl groups excluding tert-OH is 1. The molecule has 174 valence electrons. The van der Waals surface area contributed by atoms with E-state index in [0.29, 0.717) is 0 Å². The lowest BCUT2D eigenvalue weighted by Gasteiger charge is -2.22. The zero-order chi connectivity index (χ0) is 23.8. The lowest BCUT2D eigenvalue weighted by atomic mass is 10.0. The molecule has 0 aliphatic carbocycles. The van der Waals surface area contributed by atoms with E-state index in [2.05, 4.69) is 20.9 Å². The van der Waals surface area contributed by atoms with Crippen LogP contribution in [0, 0.1) is 5.92 Å². The van der Waals surface area contributed by atoms with Crippen LogP contribution in [-0.2, 0) is 25.6 Å². The minimum atomic E-state index is -1.36. The zero-order valence-electron chi connectivity index (χ0n) is 17.9. The predicted molar refractivity (Wildman–Crippen MR) is 116 cm³/mol. The van der Waals surface area contributed by atoms with Crippen molar-refractivity contribution in [2.45, 2.75) is 38.4 Å². The van der Waals surface area contributed by atoms with Crippen molar-refractivity contribution in [1.29, 1.82) is 0 Å². The van der Waals surface area contributed by atoms with Crippen LogP contribution in [0.25, 0.3) is 10.9 Å². The molecule has 11 nitrogen and oxygen atoms in total. The summed E-state index contributed by atoms with van der Waals surface area (Å²) in [5, 5.41) is 26.4. The van der Waals surface area contributed by atoms with Gasteiger partial charge in [-0.25, -0.2) is 4.79 Å². The molecule has 0 radical (unpaired) electrons. The van der Waals surface area contributed by atoms with Gasteiger partial charge in [0.05, 0.1) is 19.2 Å². The summed E-state index contributed by atoms with van der Waals surface area (Å²) in [6, 6.07) is 4.15. The maximum Gasteiger partial charge on any atom is 0.326 e. The van der Waals surface area contributed by atoms with Crippen molar-refractivity contribution in [3.8, 4) is 0 Å². The molecule has 0 bridgehead atoms. The van der Waals surface area contributed by atoms with Crippen molar-refractivity contribution in [1.82, 2.24) is 20.9 Å². The molecule has 1 aromatic heterocycles. The fourth-order valence-corrected chi connectivity index (χ4v) is 3.14. The van der Waals surface area contributed by atoms with Crippen LogP contribution < -0.4 is 21.7 Å². The number of benzene rings is 1. The smallest absolute Gasteiger partial charge is 0.326 e. The number of aromatic nitrogens is 1. The number of aliphatic carboxylic acids is 1. The first-order chi connectivity index (χ1) is 15.1. The van der Waals surface area contributed by atoms with E-state index in [0.717, 1.165) is 16.5 Å². The van der Waals surface area contributed by atoms with Crippen LogP contribution in [0.1, 0.15) is 19.4 Å². The van der Waals surface area contributed by atoms with Crippen molar-refractivity contribution < 1.29 is 29.4 Å². The van der Waals surface area contributed by atoms with Gasteiger partial charge in [0, 0.05) is 17.1 Å². The van der Waals surface area contributed by atoms with Gasteiger partial charge in [0.15, 0.2) is 0 Å². The first-order valence-corrected chi connectivity index (χ1v) is 10.2. The van der Waals surface area contributed by atoms with Crippen LogP contribution in [0.15, 0.2) is 30.5 Å². The number of aliphatic hydroxyl groups is 1. The highest BCUT2D eigenvalue weighted by Gasteiger charge is 2.28. The molecule has 3 amide bonds. The number of fused-ring (bicyclic) bond motifs is 1. The molecule has 3 atom stereocenters. The summed E-state index contributed by atoms with van der Waals surface area (Å²) in [5.41, 5.74) is 7.74. The van der Waals surface area contributed by atoms with Gasteiger partial charge in [-0.05, 0) is 24.0 Å². The molecule has 11 heteroatoms. The second-order valence-electron chi connectivity index (χ2n) is 7.76. The lowest BCUT2D eigenvalue weighted by Crippen LogP contribution is -2.56. The third-order valence-corrected chi connectivity index (χ3v) is 4.94. The normalized spacial score (nSPS) is 13.9. The third kappa shape index (κ3) is 6.53. The van der Waals surface area contributed by atoms with Crippen LogP contribution in [0.3, 0.4) is 0 Å². The Kier molecular flexibility index (Phi) is 8.73. The van der Waals surface area contributed by atoms with Crippen molar-refractivity contribution in [3.05, 3.63) is 36.0 Å². The standard InChI is InChI=1S/C21H29N5O6/c1-11(2)18(21(31)32)26-20(30)16(10-27)25-17(28)9-24-19(29)14(22)7-12-8-23-15-6-4-3-5-13(12)15/h3-6,8,11,14,16,18,23,27H,7,9-10,22H2,1-2H3,(H,24,29)(H,25,28)(H,26,30)(H,31,32). The molecule has 2 rings (SSSR count). The van der Waals surface area contributed by atoms with Gasteiger partial charge in [0.25, 0.3) is 0 Å². The van der Waals surface area contributed by atoms with Crippen LogP contribution in [0.4, 0.5) is 0 Å². The number of carboxylic acids is 1. The third-order valence-electron chi connectivity index (χ3n) is 4.94. The van der Waals surface area contributed by atoms with Crippen molar-refractivity contribution in [3.63, 3.8) is 0 Å². The summed E-state index contributed by atoms with van der Waals surface area (Å²) in [6.07, 6.45) is 2.03. The maximum atomic E-state index is 12.3. The summed E-state index contributed by atoms with van der Waals surface area (Å²) in [6.45, 7) is 2.02. The lowest BCUT2D eigenvalue weighted by molar-refractivity contribution is -0.143. The van der Waals surface area contributed by atoms with Crippen molar-refractivity contribution in [2.24, 2.45) is 11.7 Å². The zero-order valence-corrected chi connectivity index (χ0v) is 17.9. The minimum absolute atomic E-state index is 0.255. The maximum absolute atomic E-state index is 12.3. The molecule has 8 N–H and O–H groups in total. The summed E-state index contributed by atoms with van der Waals surface area (Å²) in [7, 11) is 0. The molecule has 0 saturated heterocycles. The van der Waals surface area contributed by atoms with Gasteiger partial charge in [-0.1, -0.05) is 32.0 Å². The van der Waals surface area contributed by atoms with E-state index in [9.17, 15) is 24.3 Å². The van der Waals surface area contributed by atoms with E-state index >= 15 is 0 Å². The van der Waals surface area contributed by atoms with Crippen LogP contribution >= 0.6 is 0 Å². The Balaban J connectivity index is 1.85. The SMILES string of the molecule is CC(C)C(NC(=O)C(CO)NC(=O)CNC(=O)C(N)Cc1c[nH]c2ccccc12)C(=O)O. The Morgan fingerprint density at radius 1 is 1.09 bits per heavy atom. The number of aromatic amines is 1. The Labute approximate surface area is 184 Å². The predicted octanol–water partition coefficient (Wildman–Crippen LogP) is -1.14. The average Bonchev–Trinajstić information content (AvgIpc) is 3.16. The molecule has 3 unspecified atom stereocenters. The molecule has 0 spiro atoms. The highest BCUT2D eigenvalue weighted by Crippen LogP contribution is 2.18. The molecule has 32 heavy (non-hydrogen) atoms. The summed E-state index contributed by atoms with van der Waals surface area (Å²) in [5.74, 6) is -3.76. The summed E-state index contributed by atoms with van der Waals surface area (Å²) < 4.78 is 0. The van der Waals surface area contributed by atoms with Gasteiger partial charge < -0.3 is 36.9 Å². The highest BCUT2D eigenvalue weighted by atomic mass is 16.4. The summed E-state index contributed by atoms with van der Waals surface area (Å²) in [4.78, 5) is 50.9. The molecule has 1 aromatic carbocycles. The number of carbonyl (C=O) groups is 4. The van der Waals surface area contributed by atoms with Crippen LogP contribution in [0.2, 0.25) is 0 Å². The Hall–Kier alpha value is -3.44. The number of nitrogens with two attached hydrogens (primary N) is 1. The molecule has 0 aliphatic heterocycles. The van der Waals surface area contributed by atoms with E-state index in [1.165, 1.54) is 0 Å². The number of para-hydroxylation sites is 1. The van der Waals surface area contributed by atoms with E-state index in [-0.39, 0.29) is 6.42 Å². The fourth-order valence-electron chi connectivity index (χ4n) is 3.14. The monoisotopic (exact) mass is 447 g/mol. The van der Waals surface area contributed by atoms with E-state index in [1.807, 2.05) is 24.3 Å². The number of H-pyrrole nitrogens is 1. The summed E-state index contributed by atoms with van der Waals surface area (Å²) >= 11 is 0. The Bertz CT molecular complexity index is 972. The number of nitrogens with one attached hydrogen (secondary N) is 4. The highest BCUT2D eigenvalue weighted by molar-refractivity contribution is 5.93. The molecular formula is C21H29N5O6. The second kappa shape index (κ2) is 11.3. The van der Waals surface area contributed by atoms with E-state index in [4.69, 9.17) is 10.8 Å². The molecule has 2 aromatic rings. The quantitative estimate of drug-likeness (QED) is 0.227. The van der Waals surface area contributed by atoms with Crippen molar-refractivity contribution in [2.75, 3.05) is 13.2 Å². The minimum Gasteiger partial charge on any atom is -0.480 e. The van der Waals surface area contributed by atoms with Gasteiger partial charge in [0.2, 0.25) is 17.7 Å². The molecule has 0 aliphatic rings. The van der Waals surface area contributed by atoms with E-state index in [1.54, 1.807) is 20.0 Å². The van der Waals surface area contributed by atoms with Crippen LogP contribution in [0.5, 0.6) is 0 Å². The van der Waals surface area contributed by atoms with Gasteiger partial charge >= 0.3 is 5.97 Å². The largest absolute Gasteiger partial charge is 0.480 e. The number of hydrogen-bond donors (Lipinski definition) is 7. The number of carbonyl (C=O) groups excluding carboxylic acids is 3. The first kappa shape index (κ1) is 24.8. The van der Waals surface area contributed by atoms with Gasteiger partial charge in [-0.2, -0.15) is 0 Å². The molecular weight excluding hydrogens is 418 g/mol. The second-order valence-corrected chi connectivity index (χ2v) is 7.76.